The Morgan fingerprint density at radius 3 is 2.51 bits per heavy atom. The molecule has 0 bridgehead atoms. The van der Waals surface area contributed by atoms with Gasteiger partial charge in [0.15, 0.2) is 0 Å². The topological polar surface area (TPSA) is 51.0 Å². The summed E-state index contributed by atoms with van der Waals surface area (Å²) in [7, 11) is 1.92. The fourth-order valence-electron chi connectivity index (χ4n) is 6.58. The van der Waals surface area contributed by atoms with E-state index >= 15 is 0 Å². The monoisotopic (exact) mass is 660 g/mol. The van der Waals surface area contributed by atoms with E-state index in [0.717, 1.165) is 38.4 Å². The number of hydrogen-bond acceptors (Lipinski definition) is 3. The third-order valence-electron chi connectivity index (χ3n) is 8.70. The zero-order valence-electron chi connectivity index (χ0n) is 23.0. The second-order valence-corrected chi connectivity index (χ2v) is 13.3. The molecular formula is C31H35ClFIN4O. The molecule has 2 atom stereocenters. The van der Waals surface area contributed by atoms with Crippen LogP contribution in [0.3, 0.4) is 0 Å². The molecule has 3 aromatic rings. The van der Waals surface area contributed by atoms with Gasteiger partial charge >= 0.3 is 0 Å². The Morgan fingerprint density at radius 1 is 1.15 bits per heavy atom. The van der Waals surface area contributed by atoms with Crippen molar-refractivity contribution >= 4 is 40.1 Å². The summed E-state index contributed by atoms with van der Waals surface area (Å²) in [6, 6.07) is 9.61. The Balaban J connectivity index is 1.36. The molecule has 2 fully saturated rings. The van der Waals surface area contributed by atoms with Gasteiger partial charge in [-0.05, 0) is 115 Å². The molecule has 5 rings (SSSR count). The summed E-state index contributed by atoms with van der Waals surface area (Å²) in [5.74, 6) is 0.646. The molecule has 1 aromatic heterocycles. The van der Waals surface area contributed by atoms with Gasteiger partial charge in [0.25, 0.3) is 0 Å². The van der Waals surface area contributed by atoms with Gasteiger partial charge in [-0.3, -0.25) is 9.48 Å². The van der Waals surface area contributed by atoms with Crippen LogP contribution < -0.4 is 0 Å². The minimum absolute atomic E-state index is 0.122. The summed E-state index contributed by atoms with van der Waals surface area (Å²) in [6.07, 6.45) is 4.58. The summed E-state index contributed by atoms with van der Waals surface area (Å²) in [4.78, 5) is 20.3. The quantitative estimate of drug-likeness (QED) is 0.213. The molecule has 2 heterocycles. The zero-order valence-corrected chi connectivity index (χ0v) is 25.9. The van der Waals surface area contributed by atoms with Gasteiger partial charge in [-0.2, -0.15) is 5.10 Å². The number of aromatic nitrogens is 3. The molecule has 0 unspecified atom stereocenters. The molecule has 2 aromatic carbocycles. The summed E-state index contributed by atoms with van der Waals surface area (Å²) < 4.78 is 17.6. The first kappa shape index (κ1) is 28.3. The summed E-state index contributed by atoms with van der Waals surface area (Å²) in [5, 5.41) is 5.06. The van der Waals surface area contributed by atoms with Crippen molar-refractivity contribution in [2.24, 2.45) is 13.0 Å². The van der Waals surface area contributed by atoms with Crippen molar-refractivity contribution in [2.45, 2.75) is 63.7 Å². The Labute approximate surface area is 249 Å². The van der Waals surface area contributed by atoms with Crippen LogP contribution in [0, 0.1) is 22.2 Å². The van der Waals surface area contributed by atoms with Crippen LogP contribution >= 0.6 is 34.2 Å². The van der Waals surface area contributed by atoms with Crippen molar-refractivity contribution in [3.63, 3.8) is 0 Å². The molecule has 0 N–H and O–H groups in total. The van der Waals surface area contributed by atoms with E-state index in [-0.39, 0.29) is 34.9 Å². The molecule has 8 heteroatoms. The summed E-state index contributed by atoms with van der Waals surface area (Å²) >= 11 is 8.77. The van der Waals surface area contributed by atoms with Crippen molar-refractivity contribution in [1.82, 2.24) is 19.7 Å². The lowest BCUT2D eigenvalue weighted by Crippen LogP contribution is -2.42. The smallest absolute Gasteiger partial charge is 0.226 e. The third kappa shape index (κ3) is 5.41. The van der Waals surface area contributed by atoms with Crippen LogP contribution in [0.5, 0.6) is 0 Å². The van der Waals surface area contributed by atoms with Crippen LogP contribution in [0.2, 0.25) is 5.02 Å². The van der Waals surface area contributed by atoms with E-state index in [9.17, 15) is 9.18 Å². The fraction of sp³-hybridized carbons (Fsp3) is 0.452. The molecule has 206 valence electrons. The predicted octanol–water partition coefficient (Wildman–Crippen LogP) is 7.30. The Hall–Kier alpha value is -2.26. The number of carbonyl (C=O) groups is 1. The number of aryl methyl sites for hydroxylation is 2. The van der Waals surface area contributed by atoms with Crippen LogP contribution in [0.25, 0.3) is 0 Å². The maximum atomic E-state index is 14.9. The Kier molecular flexibility index (Phi) is 7.94. The lowest BCUT2D eigenvalue weighted by Gasteiger charge is -2.37. The maximum Gasteiger partial charge on any atom is 0.226 e. The molecule has 1 saturated carbocycles. The highest BCUT2D eigenvalue weighted by Gasteiger charge is 2.41. The van der Waals surface area contributed by atoms with Crippen LogP contribution in [-0.4, -0.2) is 38.7 Å². The van der Waals surface area contributed by atoms with Gasteiger partial charge in [0.2, 0.25) is 5.91 Å². The maximum absolute atomic E-state index is 14.9. The number of nitrogens with zero attached hydrogens (tertiary/aromatic N) is 4. The minimum Gasteiger partial charge on any atom is -0.342 e. The number of allylic oxidation sites excluding steroid dienone is 1. The first-order valence-corrected chi connectivity index (χ1v) is 15.0. The van der Waals surface area contributed by atoms with Crippen LogP contribution in [0.1, 0.15) is 79.4 Å². The Morgan fingerprint density at radius 2 is 1.87 bits per heavy atom. The molecule has 1 aliphatic carbocycles. The van der Waals surface area contributed by atoms with E-state index in [1.54, 1.807) is 12.4 Å². The largest absolute Gasteiger partial charge is 0.342 e. The first-order chi connectivity index (χ1) is 18.5. The number of halogens is 3. The van der Waals surface area contributed by atoms with Gasteiger partial charge in [-0.25, -0.2) is 9.37 Å². The molecule has 39 heavy (non-hydrogen) atoms. The molecular weight excluding hydrogens is 626 g/mol. The standard InChI is InChI=1S/C31H35ClFIN4O/c1-18-12-24(22-7-6-21(34)15-28(22)33)25(13-18)29(39)38-10-8-20(9-11-38)23-16-27(32)19(2)14-26(23)31(3,4)30-35-17-36-37(30)5/h6-7,14-17,20,24-25H,1,8-13H2,2-5H3/t24-,25+/m0/s1. The van der Waals surface area contributed by atoms with Crippen molar-refractivity contribution in [2.75, 3.05) is 13.1 Å². The fourth-order valence-corrected chi connectivity index (χ4v) is 7.21. The molecule has 5 nitrogen and oxygen atoms in total. The molecule has 1 saturated heterocycles. The van der Waals surface area contributed by atoms with Gasteiger partial charge < -0.3 is 4.90 Å². The van der Waals surface area contributed by atoms with E-state index in [2.05, 4.69) is 65.2 Å². The van der Waals surface area contributed by atoms with Gasteiger partial charge in [0.05, 0.1) is 0 Å². The number of rotatable bonds is 5. The minimum atomic E-state index is -0.363. The average molecular weight is 661 g/mol. The number of carbonyl (C=O) groups excluding carboxylic acids is 1. The molecule has 0 radical (unpaired) electrons. The van der Waals surface area contributed by atoms with E-state index in [4.69, 9.17) is 11.6 Å². The van der Waals surface area contributed by atoms with Gasteiger partial charge in [0, 0.05) is 46.0 Å². The van der Waals surface area contributed by atoms with Crippen LogP contribution in [0.15, 0.2) is 48.8 Å². The second kappa shape index (κ2) is 11.0. The first-order valence-electron chi connectivity index (χ1n) is 13.5. The van der Waals surface area contributed by atoms with Crippen molar-refractivity contribution < 1.29 is 9.18 Å². The zero-order chi connectivity index (χ0) is 28.1. The van der Waals surface area contributed by atoms with Crippen LogP contribution in [0.4, 0.5) is 4.39 Å². The van der Waals surface area contributed by atoms with Gasteiger partial charge in [-0.15, -0.1) is 0 Å². The number of hydrogen-bond donors (Lipinski definition) is 0. The molecule has 1 aliphatic heterocycles. The molecule has 0 spiro atoms. The number of benzene rings is 2. The number of amides is 1. The van der Waals surface area contributed by atoms with Crippen LogP contribution in [-0.2, 0) is 17.3 Å². The van der Waals surface area contributed by atoms with E-state index in [1.807, 2.05) is 35.7 Å². The van der Waals surface area contributed by atoms with E-state index in [1.165, 1.54) is 11.1 Å². The highest BCUT2D eigenvalue weighted by molar-refractivity contribution is 14.1. The lowest BCUT2D eigenvalue weighted by atomic mass is 9.75. The van der Waals surface area contributed by atoms with Gasteiger partial charge in [-0.1, -0.05) is 35.9 Å². The predicted molar refractivity (Wildman–Crippen MR) is 162 cm³/mol. The summed E-state index contributed by atoms with van der Waals surface area (Å²) in [6.45, 7) is 11.9. The van der Waals surface area contributed by atoms with E-state index < -0.39 is 0 Å². The number of likely N-dealkylation sites (tertiary alicyclic amines) is 1. The normalized spacial score (nSPS) is 20.6. The SMILES string of the molecule is C=C1C[C@@H](C(=O)N2CCC(c3cc(Cl)c(C)cc3C(C)(C)c3ncnn3C)CC2)[C@H](c2ccc(I)cc2F)C1. The van der Waals surface area contributed by atoms with Crippen molar-refractivity contribution in [3.05, 3.63) is 91.3 Å². The van der Waals surface area contributed by atoms with E-state index in [0.29, 0.717) is 31.5 Å². The Bertz CT molecular complexity index is 1430. The lowest BCUT2D eigenvalue weighted by molar-refractivity contribution is -0.136. The van der Waals surface area contributed by atoms with Gasteiger partial charge in [0.1, 0.15) is 18.0 Å². The van der Waals surface area contributed by atoms with Crippen molar-refractivity contribution in [1.29, 1.82) is 0 Å². The second-order valence-electron chi connectivity index (χ2n) is 11.7. The molecule has 1 amide bonds. The highest BCUT2D eigenvalue weighted by Crippen LogP contribution is 2.45. The summed E-state index contributed by atoms with van der Waals surface area (Å²) in [5.41, 5.74) is 4.75. The average Bonchev–Trinajstić information content (AvgIpc) is 3.50. The van der Waals surface area contributed by atoms with Crippen molar-refractivity contribution in [3.8, 4) is 0 Å². The third-order valence-corrected chi connectivity index (χ3v) is 9.78. The highest BCUT2D eigenvalue weighted by atomic mass is 127. The number of piperidine rings is 1. The molecule has 2 aliphatic rings.